The molecule has 1 rings (SSSR count). The molecule has 5 heteroatoms. The molecule has 0 radical (unpaired) electrons. The molecule has 86 valence electrons. The Labute approximate surface area is 92.2 Å². The molecule has 0 amide bonds. The van der Waals surface area contributed by atoms with E-state index >= 15 is 0 Å². The number of terminal acetylenes is 1. The molecule has 0 aromatic carbocycles. The zero-order chi connectivity index (χ0) is 11.5. The number of nitrogens with zero attached hydrogens (tertiary/aromatic N) is 1. The summed E-state index contributed by atoms with van der Waals surface area (Å²) in [5.41, 5.74) is -0.823. The van der Waals surface area contributed by atoms with Crippen LogP contribution in [0.2, 0.25) is 0 Å². The van der Waals surface area contributed by atoms with E-state index in [1.165, 1.54) is 4.31 Å². The molecule has 1 N–H and O–H groups in total. The molecule has 1 fully saturated rings. The van der Waals surface area contributed by atoms with E-state index < -0.39 is 15.7 Å². The van der Waals surface area contributed by atoms with Crippen molar-refractivity contribution < 1.29 is 8.42 Å². The Hall–Kier alpha value is -0.570. The summed E-state index contributed by atoms with van der Waals surface area (Å²) >= 11 is 0. The molecular formula is C10H18N2O2S. The van der Waals surface area contributed by atoms with E-state index in [2.05, 4.69) is 10.6 Å². The van der Waals surface area contributed by atoms with Gasteiger partial charge in [0.05, 0.1) is 5.54 Å². The van der Waals surface area contributed by atoms with Gasteiger partial charge in [0.2, 0.25) is 0 Å². The Morgan fingerprint density at radius 2 is 1.80 bits per heavy atom. The maximum atomic E-state index is 11.9. The predicted molar refractivity (Wildman–Crippen MR) is 60.4 cm³/mol. The van der Waals surface area contributed by atoms with E-state index in [4.69, 9.17) is 6.42 Å². The van der Waals surface area contributed by atoms with Crippen molar-refractivity contribution in [1.29, 1.82) is 0 Å². The van der Waals surface area contributed by atoms with Gasteiger partial charge in [-0.15, -0.1) is 6.42 Å². The average molecular weight is 230 g/mol. The molecule has 0 aromatic heterocycles. The highest BCUT2D eigenvalue weighted by atomic mass is 32.2. The molecule has 0 aromatic rings. The summed E-state index contributed by atoms with van der Waals surface area (Å²) in [5.74, 6) is 2.42. The van der Waals surface area contributed by atoms with Gasteiger partial charge in [-0.3, -0.25) is 0 Å². The van der Waals surface area contributed by atoms with Crippen molar-refractivity contribution in [2.45, 2.75) is 38.6 Å². The van der Waals surface area contributed by atoms with Crippen LogP contribution in [0.4, 0.5) is 0 Å². The number of piperidine rings is 1. The van der Waals surface area contributed by atoms with Crippen LogP contribution in [0, 0.1) is 12.3 Å². The van der Waals surface area contributed by atoms with Gasteiger partial charge in [-0.2, -0.15) is 17.4 Å². The maximum absolute atomic E-state index is 11.9. The van der Waals surface area contributed by atoms with Crippen molar-refractivity contribution in [2.75, 3.05) is 13.1 Å². The van der Waals surface area contributed by atoms with E-state index in [0.717, 1.165) is 19.3 Å². The molecule has 0 aliphatic carbocycles. The maximum Gasteiger partial charge on any atom is 0.280 e. The first kappa shape index (κ1) is 12.5. The fraction of sp³-hybridized carbons (Fsp3) is 0.800. The molecular weight excluding hydrogens is 212 g/mol. The summed E-state index contributed by atoms with van der Waals surface area (Å²) < 4.78 is 27.7. The minimum Gasteiger partial charge on any atom is -0.195 e. The third-order valence-electron chi connectivity index (χ3n) is 2.40. The smallest absolute Gasteiger partial charge is 0.195 e. The van der Waals surface area contributed by atoms with Crippen molar-refractivity contribution in [3.63, 3.8) is 0 Å². The SMILES string of the molecule is C#CC(C)(C)NS(=O)(=O)N1CCCCC1. The Bertz CT molecular complexity index is 348. The van der Waals surface area contributed by atoms with Gasteiger partial charge in [0.15, 0.2) is 0 Å². The second-order valence-corrected chi connectivity index (χ2v) is 6.01. The fourth-order valence-corrected chi connectivity index (χ4v) is 3.09. The number of nitrogens with one attached hydrogen (secondary N) is 1. The van der Waals surface area contributed by atoms with Crippen LogP contribution in [0.15, 0.2) is 0 Å². The van der Waals surface area contributed by atoms with Gasteiger partial charge in [0, 0.05) is 13.1 Å². The zero-order valence-corrected chi connectivity index (χ0v) is 10.1. The van der Waals surface area contributed by atoms with E-state index in [9.17, 15) is 8.42 Å². The summed E-state index contributed by atoms with van der Waals surface area (Å²) in [6.07, 6.45) is 8.21. The highest BCUT2D eigenvalue weighted by Gasteiger charge is 2.29. The monoisotopic (exact) mass is 230 g/mol. The van der Waals surface area contributed by atoms with Gasteiger partial charge in [0.25, 0.3) is 10.2 Å². The van der Waals surface area contributed by atoms with E-state index in [-0.39, 0.29) is 0 Å². The van der Waals surface area contributed by atoms with Crippen LogP contribution in [0.5, 0.6) is 0 Å². The lowest BCUT2D eigenvalue weighted by molar-refractivity contribution is 0.336. The van der Waals surface area contributed by atoms with Gasteiger partial charge in [0.1, 0.15) is 0 Å². The molecule has 0 bridgehead atoms. The van der Waals surface area contributed by atoms with E-state index in [1.807, 2.05) is 0 Å². The van der Waals surface area contributed by atoms with E-state index in [1.54, 1.807) is 13.8 Å². The van der Waals surface area contributed by atoms with Gasteiger partial charge in [-0.05, 0) is 26.7 Å². The first-order valence-electron chi connectivity index (χ1n) is 5.14. The van der Waals surface area contributed by atoms with Crippen molar-refractivity contribution in [2.24, 2.45) is 0 Å². The Kier molecular flexibility index (Phi) is 3.77. The molecule has 0 unspecified atom stereocenters. The molecule has 0 saturated carbocycles. The summed E-state index contributed by atoms with van der Waals surface area (Å²) in [5, 5.41) is 0. The lowest BCUT2D eigenvalue weighted by atomic mass is 10.1. The van der Waals surface area contributed by atoms with Crippen molar-refractivity contribution in [1.82, 2.24) is 9.03 Å². The Morgan fingerprint density at radius 3 is 2.27 bits per heavy atom. The van der Waals surface area contributed by atoms with Crippen molar-refractivity contribution in [3.05, 3.63) is 0 Å². The number of rotatable bonds is 3. The van der Waals surface area contributed by atoms with E-state index in [0.29, 0.717) is 13.1 Å². The highest BCUT2D eigenvalue weighted by molar-refractivity contribution is 7.87. The quantitative estimate of drug-likeness (QED) is 0.726. The van der Waals surface area contributed by atoms with Gasteiger partial charge >= 0.3 is 0 Å². The fourth-order valence-electron chi connectivity index (χ4n) is 1.52. The van der Waals surface area contributed by atoms with Gasteiger partial charge in [-0.25, -0.2) is 0 Å². The number of hydrogen-bond donors (Lipinski definition) is 1. The standard InChI is InChI=1S/C10H18N2O2S/c1-4-10(2,3)11-15(13,14)12-8-6-5-7-9-12/h1,11H,5-9H2,2-3H3. The van der Waals surface area contributed by atoms with Crippen LogP contribution in [0.1, 0.15) is 33.1 Å². The first-order chi connectivity index (χ1) is 6.87. The van der Waals surface area contributed by atoms with Crippen LogP contribution in [0.3, 0.4) is 0 Å². The molecule has 1 aliphatic heterocycles. The topological polar surface area (TPSA) is 49.4 Å². The lowest BCUT2D eigenvalue weighted by Gasteiger charge is -2.29. The average Bonchev–Trinajstić information content (AvgIpc) is 2.18. The molecule has 0 atom stereocenters. The summed E-state index contributed by atoms with van der Waals surface area (Å²) in [6, 6.07) is 0. The van der Waals surface area contributed by atoms with Gasteiger partial charge in [-0.1, -0.05) is 12.3 Å². The van der Waals surface area contributed by atoms with Gasteiger partial charge < -0.3 is 0 Å². The third-order valence-corrected chi connectivity index (χ3v) is 4.21. The minimum atomic E-state index is -3.41. The highest BCUT2D eigenvalue weighted by Crippen LogP contribution is 2.14. The summed E-state index contributed by atoms with van der Waals surface area (Å²) in [6.45, 7) is 4.54. The molecule has 15 heavy (non-hydrogen) atoms. The second kappa shape index (κ2) is 4.52. The largest absolute Gasteiger partial charge is 0.280 e. The first-order valence-corrected chi connectivity index (χ1v) is 6.58. The summed E-state index contributed by atoms with van der Waals surface area (Å²) in [4.78, 5) is 0. The predicted octanol–water partition coefficient (Wildman–Crippen LogP) is 0.718. The Morgan fingerprint density at radius 1 is 1.27 bits per heavy atom. The lowest BCUT2D eigenvalue weighted by Crippen LogP contribution is -2.50. The van der Waals surface area contributed by atoms with Crippen LogP contribution < -0.4 is 4.72 Å². The van der Waals surface area contributed by atoms with Crippen molar-refractivity contribution >= 4 is 10.2 Å². The molecule has 0 spiro atoms. The Balaban J connectivity index is 2.71. The normalized spacial score (nSPS) is 19.8. The van der Waals surface area contributed by atoms with Crippen LogP contribution in [-0.2, 0) is 10.2 Å². The number of hydrogen-bond acceptors (Lipinski definition) is 2. The third kappa shape index (κ3) is 3.49. The molecule has 4 nitrogen and oxygen atoms in total. The molecule has 1 heterocycles. The summed E-state index contributed by atoms with van der Waals surface area (Å²) in [7, 11) is -3.41. The van der Waals surface area contributed by atoms with Crippen LogP contribution >= 0.6 is 0 Å². The molecule has 1 aliphatic rings. The van der Waals surface area contributed by atoms with Crippen molar-refractivity contribution in [3.8, 4) is 12.3 Å². The molecule has 1 saturated heterocycles. The zero-order valence-electron chi connectivity index (χ0n) is 9.28. The van der Waals surface area contributed by atoms with Crippen LogP contribution in [0.25, 0.3) is 0 Å². The minimum absolute atomic E-state index is 0.593. The second-order valence-electron chi connectivity index (χ2n) is 4.34. The van der Waals surface area contributed by atoms with Crippen LogP contribution in [-0.4, -0.2) is 31.4 Å².